The lowest BCUT2D eigenvalue weighted by Gasteiger charge is -2.07. The van der Waals surface area contributed by atoms with Crippen LogP contribution in [0, 0.1) is 0 Å². The van der Waals surface area contributed by atoms with Crippen molar-refractivity contribution in [1.29, 1.82) is 0 Å². The predicted molar refractivity (Wildman–Crippen MR) is 88.0 cm³/mol. The van der Waals surface area contributed by atoms with Gasteiger partial charge in [0.05, 0.1) is 12.3 Å². The molecule has 1 aromatic heterocycles. The molecule has 126 valence electrons. The van der Waals surface area contributed by atoms with E-state index in [-0.39, 0.29) is 23.6 Å². The number of ether oxygens (including phenoxy) is 1. The standard InChI is InChI=1S/C17H19N3O4/c1-2-24-16(22)9-6-12-18-17(23)14-10-11-15(21)20(19-14)13-7-4-3-5-8-13/h3-5,7-8,10-11H,2,6,9,12H2,1H3,(H,18,23). The maximum Gasteiger partial charge on any atom is 0.305 e. The zero-order valence-corrected chi connectivity index (χ0v) is 13.4. The number of nitrogens with zero attached hydrogens (tertiary/aromatic N) is 2. The first-order valence-electron chi connectivity index (χ1n) is 7.71. The average Bonchev–Trinajstić information content (AvgIpc) is 2.60. The lowest BCUT2D eigenvalue weighted by Crippen LogP contribution is -2.29. The van der Waals surface area contributed by atoms with Crippen LogP contribution in [-0.4, -0.2) is 34.8 Å². The number of nitrogens with one attached hydrogen (secondary N) is 1. The fourth-order valence-corrected chi connectivity index (χ4v) is 2.04. The molecule has 1 N–H and O–H groups in total. The van der Waals surface area contributed by atoms with Gasteiger partial charge in [0.25, 0.3) is 11.5 Å². The van der Waals surface area contributed by atoms with Crippen molar-refractivity contribution in [2.75, 3.05) is 13.2 Å². The predicted octanol–water partition coefficient (Wildman–Crippen LogP) is 1.31. The van der Waals surface area contributed by atoms with Crippen LogP contribution in [0.25, 0.3) is 5.69 Å². The Kier molecular flexibility index (Phi) is 6.24. The summed E-state index contributed by atoms with van der Waals surface area (Å²) >= 11 is 0. The highest BCUT2D eigenvalue weighted by Crippen LogP contribution is 2.03. The van der Waals surface area contributed by atoms with Gasteiger partial charge < -0.3 is 10.1 Å². The van der Waals surface area contributed by atoms with Crippen molar-refractivity contribution in [1.82, 2.24) is 15.1 Å². The van der Waals surface area contributed by atoms with Crippen LogP contribution in [0.15, 0.2) is 47.3 Å². The van der Waals surface area contributed by atoms with Gasteiger partial charge in [0.1, 0.15) is 5.69 Å². The van der Waals surface area contributed by atoms with Crippen molar-refractivity contribution in [3.8, 4) is 5.69 Å². The number of benzene rings is 1. The summed E-state index contributed by atoms with van der Waals surface area (Å²) in [5.74, 6) is -0.689. The molecule has 0 saturated carbocycles. The number of amides is 1. The van der Waals surface area contributed by atoms with Crippen molar-refractivity contribution in [3.63, 3.8) is 0 Å². The van der Waals surface area contributed by atoms with Gasteiger partial charge in [-0.2, -0.15) is 9.78 Å². The molecule has 1 amide bonds. The number of hydrogen-bond acceptors (Lipinski definition) is 5. The van der Waals surface area contributed by atoms with Gasteiger partial charge in [-0.15, -0.1) is 0 Å². The number of rotatable bonds is 7. The third-order valence-electron chi connectivity index (χ3n) is 3.18. The lowest BCUT2D eigenvalue weighted by molar-refractivity contribution is -0.143. The minimum Gasteiger partial charge on any atom is -0.466 e. The first-order chi connectivity index (χ1) is 11.6. The summed E-state index contributed by atoms with van der Waals surface area (Å²) in [6.45, 7) is 2.41. The molecular formula is C17H19N3O4. The van der Waals surface area contributed by atoms with Crippen LogP contribution in [0.3, 0.4) is 0 Å². The van der Waals surface area contributed by atoms with E-state index in [0.29, 0.717) is 25.3 Å². The molecule has 7 heteroatoms. The first kappa shape index (κ1) is 17.4. The highest BCUT2D eigenvalue weighted by molar-refractivity contribution is 5.92. The van der Waals surface area contributed by atoms with Crippen LogP contribution in [0.1, 0.15) is 30.3 Å². The molecule has 0 bridgehead atoms. The van der Waals surface area contributed by atoms with Crippen LogP contribution in [0.5, 0.6) is 0 Å². The molecule has 0 aliphatic carbocycles. The van der Waals surface area contributed by atoms with Crippen molar-refractivity contribution < 1.29 is 14.3 Å². The molecule has 2 aromatic rings. The van der Waals surface area contributed by atoms with Crippen molar-refractivity contribution in [3.05, 3.63) is 58.5 Å². The number of hydrogen-bond donors (Lipinski definition) is 1. The Morgan fingerprint density at radius 1 is 1.17 bits per heavy atom. The maximum absolute atomic E-state index is 12.1. The van der Waals surface area contributed by atoms with Crippen LogP contribution < -0.4 is 10.9 Å². The molecule has 0 atom stereocenters. The Morgan fingerprint density at radius 2 is 1.92 bits per heavy atom. The number of carbonyl (C=O) groups is 2. The van der Waals surface area contributed by atoms with E-state index in [1.807, 2.05) is 6.07 Å². The van der Waals surface area contributed by atoms with Gasteiger partial charge in [-0.1, -0.05) is 18.2 Å². The highest BCUT2D eigenvalue weighted by Gasteiger charge is 2.10. The van der Waals surface area contributed by atoms with Gasteiger partial charge in [-0.05, 0) is 31.5 Å². The van der Waals surface area contributed by atoms with Gasteiger partial charge >= 0.3 is 5.97 Å². The van der Waals surface area contributed by atoms with E-state index in [1.54, 1.807) is 31.2 Å². The molecule has 0 unspecified atom stereocenters. The van der Waals surface area contributed by atoms with E-state index in [9.17, 15) is 14.4 Å². The maximum atomic E-state index is 12.1. The minimum absolute atomic E-state index is 0.134. The molecule has 0 radical (unpaired) electrons. The summed E-state index contributed by atoms with van der Waals surface area (Å²) in [6, 6.07) is 11.5. The Hall–Kier alpha value is -2.96. The topological polar surface area (TPSA) is 90.3 Å². The van der Waals surface area contributed by atoms with E-state index in [4.69, 9.17) is 4.74 Å². The quantitative estimate of drug-likeness (QED) is 0.611. The average molecular weight is 329 g/mol. The summed E-state index contributed by atoms with van der Waals surface area (Å²) in [5.41, 5.74) is 0.397. The summed E-state index contributed by atoms with van der Waals surface area (Å²) in [4.78, 5) is 35.2. The molecule has 1 aromatic carbocycles. The second kappa shape index (κ2) is 8.61. The normalized spacial score (nSPS) is 10.2. The van der Waals surface area contributed by atoms with Gasteiger partial charge in [0.2, 0.25) is 0 Å². The Balaban J connectivity index is 1.98. The van der Waals surface area contributed by atoms with E-state index < -0.39 is 5.91 Å². The molecule has 2 rings (SSSR count). The Morgan fingerprint density at radius 3 is 2.62 bits per heavy atom. The summed E-state index contributed by atoms with van der Waals surface area (Å²) in [7, 11) is 0. The third-order valence-corrected chi connectivity index (χ3v) is 3.18. The van der Waals surface area contributed by atoms with Crippen molar-refractivity contribution in [2.24, 2.45) is 0 Å². The monoisotopic (exact) mass is 329 g/mol. The van der Waals surface area contributed by atoms with Crippen LogP contribution in [0.2, 0.25) is 0 Å². The highest BCUT2D eigenvalue weighted by atomic mass is 16.5. The first-order valence-corrected chi connectivity index (χ1v) is 7.71. The summed E-state index contributed by atoms with van der Waals surface area (Å²) in [5, 5.41) is 6.76. The van der Waals surface area contributed by atoms with Crippen LogP contribution >= 0.6 is 0 Å². The van der Waals surface area contributed by atoms with E-state index in [0.717, 1.165) is 0 Å². The number of aromatic nitrogens is 2. The number of para-hydroxylation sites is 1. The molecule has 7 nitrogen and oxygen atoms in total. The van der Waals surface area contributed by atoms with E-state index in [1.165, 1.54) is 16.8 Å². The summed E-state index contributed by atoms with van der Waals surface area (Å²) in [6.07, 6.45) is 0.716. The van der Waals surface area contributed by atoms with E-state index in [2.05, 4.69) is 10.4 Å². The smallest absolute Gasteiger partial charge is 0.305 e. The second-order valence-electron chi connectivity index (χ2n) is 4.97. The Bertz CT molecular complexity index is 756. The molecule has 0 saturated heterocycles. The minimum atomic E-state index is -0.400. The van der Waals surface area contributed by atoms with Gasteiger partial charge in [-0.25, -0.2) is 0 Å². The zero-order valence-electron chi connectivity index (χ0n) is 13.4. The van der Waals surface area contributed by atoms with Gasteiger partial charge in [-0.3, -0.25) is 14.4 Å². The molecular weight excluding hydrogens is 310 g/mol. The van der Waals surface area contributed by atoms with Crippen molar-refractivity contribution >= 4 is 11.9 Å². The van der Waals surface area contributed by atoms with E-state index >= 15 is 0 Å². The molecule has 24 heavy (non-hydrogen) atoms. The third kappa shape index (κ3) is 4.77. The lowest BCUT2D eigenvalue weighted by atomic mass is 10.3. The summed E-state index contributed by atoms with van der Waals surface area (Å²) < 4.78 is 5.98. The van der Waals surface area contributed by atoms with Gasteiger partial charge in [0, 0.05) is 19.0 Å². The van der Waals surface area contributed by atoms with Crippen molar-refractivity contribution in [2.45, 2.75) is 19.8 Å². The van der Waals surface area contributed by atoms with Gasteiger partial charge in [0.15, 0.2) is 0 Å². The molecule has 0 aliphatic heterocycles. The fraction of sp³-hybridized carbons (Fsp3) is 0.294. The second-order valence-corrected chi connectivity index (χ2v) is 4.97. The van der Waals surface area contributed by atoms with Crippen LogP contribution in [-0.2, 0) is 9.53 Å². The number of esters is 1. The zero-order chi connectivity index (χ0) is 17.4. The SMILES string of the molecule is CCOC(=O)CCCNC(=O)c1ccc(=O)n(-c2ccccc2)n1. The molecule has 0 fully saturated rings. The Labute approximate surface area is 139 Å². The number of carbonyl (C=O) groups excluding carboxylic acids is 2. The molecule has 0 aliphatic rings. The largest absolute Gasteiger partial charge is 0.466 e. The molecule has 1 heterocycles. The fourth-order valence-electron chi connectivity index (χ4n) is 2.04. The molecule has 0 spiro atoms. The van der Waals surface area contributed by atoms with Crippen LogP contribution in [0.4, 0.5) is 0 Å².